The molecule has 0 bridgehead atoms. The Morgan fingerprint density at radius 3 is 3.05 bits per heavy atom. The quantitative estimate of drug-likeness (QED) is 0.813. The molecule has 1 aromatic carbocycles. The van der Waals surface area contributed by atoms with Gasteiger partial charge in [-0.25, -0.2) is 0 Å². The van der Waals surface area contributed by atoms with Gasteiger partial charge in [0.15, 0.2) is 0 Å². The molecule has 0 spiro atoms. The van der Waals surface area contributed by atoms with Crippen LogP contribution >= 0.6 is 23.4 Å². The Morgan fingerprint density at radius 2 is 2.27 bits per heavy atom. The van der Waals surface area contributed by atoms with Crippen molar-refractivity contribution in [3.8, 4) is 6.07 Å². The second kappa shape index (κ2) is 6.76. The summed E-state index contributed by atoms with van der Waals surface area (Å²) >= 11 is 8.09. The molecule has 0 amide bonds. The van der Waals surface area contributed by atoms with Gasteiger partial charge < -0.3 is 4.90 Å². The monoisotopic (exact) mass is 331 g/mol. The number of pyridine rings is 1. The minimum Gasteiger partial charge on any atom is -0.369 e. The number of nitriles is 1. The Morgan fingerprint density at radius 1 is 1.41 bits per heavy atom. The largest absolute Gasteiger partial charge is 0.369 e. The maximum Gasteiger partial charge on any atom is 0.103 e. The van der Waals surface area contributed by atoms with Gasteiger partial charge in [0.1, 0.15) is 6.07 Å². The van der Waals surface area contributed by atoms with Crippen molar-refractivity contribution in [2.24, 2.45) is 0 Å². The van der Waals surface area contributed by atoms with Crippen LogP contribution in [0.2, 0.25) is 5.02 Å². The van der Waals surface area contributed by atoms with Crippen molar-refractivity contribution in [3.05, 3.63) is 35.0 Å². The molecular formula is C17H18ClN3S. The molecule has 3 nitrogen and oxygen atoms in total. The molecule has 1 aromatic heterocycles. The smallest absolute Gasteiger partial charge is 0.103 e. The summed E-state index contributed by atoms with van der Waals surface area (Å²) in [6.45, 7) is 1.96. The molecule has 0 radical (unpaired) electrons. The van der Waals surface area contributed by atoms with E-state index >= 15 is 0 Å². The fourth-order valence-corrected chi connectivity index (χ4v) is 3.98. The van der Waals surface area contributed by atoms with E-state index in [0.29, 0.717) is 15.8 Å². The first-order valence-corrected chi connectivity index (χ1v) is 9.15. The van der Waals surface area contributed by atoms with E-state index in [1.807, 2.05) is 30.0 Å². The highest BCUT2D eigenvalue weighted by Crippen LogP contribution is 2.34. The molecule has 1 atom stereocenters. The lowest BCUT2D eigenvalue weighted by molar-refractivity contribution is 0.736. The Bertz CT molecular complexity index is 726. The van der Waals surface area contributed by atoms with Crippen LogP contribution in [0.15, 0.2) is 24.4 Å². The van der Waals surface area contributed by atoms with Crippen LogP contribution in [0.3, 0.4) is 0 Å². The SMILES string of the molecule is CSC1CCCCN(c2c(C#N)cnc3ccc(Cl)cc23)C1. The number of nitrogens with zero attached hydrogens (tertiary/aromatic N) is 3. The van der Waals surface area contributed by atoms with E-state index in [-0.39, 0.29) is 0 Å². The van der Waals surface area contributed by atoms with Crippen molar-refractivity contribution in [3.63, 3.8) is 0 Å². The summed E-state index contributed by atoms with van der Waals surface area (Å²) in [7, 11) is 0. The van der Waals surface area contributed by atoms with Gasteiger partial charge in [0.05, 0.1) is 16.8 Å². The summed E-state index contributed by atoms with van der Waals surface area (Å²) in [5, 5.41) is 11.8. The lowest BCUT2D eigenvalue weighted by Crippen LogP contribution is -2.30. The van der Waals surface area contributed by atoms with Gasteiger partial charge >= 0.3 is 0 Å². The Labute approximate surface area is 140 Å². The minimum atomic E-state index is 0.608. The number of hydrogen-bond donors (Lipinski definition) is 0. The molecule has 1 aliphatic rings. The number of benzene rings is 1. The molecule has 22 heavy (non-hydrogen) atoms. The Kier molecular flexibility index (Phi) is 4.75. The van der Waals surface area contributed by atoms with Crippen LogP contribution in [-0.4, -0.2) is 29.6 Å². The van der Waals surface area contributed by atoms with Crippen molar-refractivity contribution < 1.29 is 0 Å². The van der Waals surface area contributed by atoms with Gasteiger partial charge in [-0.1, -0.05) is 18.0 Å². The lowest BCUT2D eigenvalue weighted by atomic mass is 10.1. The Hall–Kier alpha value is -1.44. The van der Waals surface area contributed by atoms with E-state index in [1.165, 1.54) is 12.8 Å². The van der Waals surface area contributed by atoms with E-state index in [1.54, 1.807) is 6.20 Å². The van der Waals surface area contributed by atoms with Crippen molar-refractivity contribution >= 4 is 40.0 Å². The van der Waals surface area contributed by atoms with E-state index in [4.69, 9.17) is 11.6 Å². The number of hydrogen-bond acceptors (Lipinski definition) is 4. The fraction of sp³-hybridized carbons (Fsp3) is 0.412. The molecule has 1 fully saturated rings. The highest BCUT2D eigenvalue weighted by Gasteiger charge is 2.22. The van der Waals surface area contributed by atoms with Crippen LogP contribution in [-0.2, 0) is 0 Å². The number of aromatic nitrogens is 1. The third-order valence-electron chi connectivity index (χ3n) is 4.20. The molecule has 3 rings (SSSR count). The topological polar surface area (TPSA) is 39.9 Å². The zero-order valence-corrected chi connectivity index (χ0v) is 14.1. The van der Waals surface area contributed by atoms with E-state index in [2.05, 4.69) is 22.2 Å². The van der Waals surface area contributed by atoms with Crippen molar-refractivity contribution in [2.75, 3.05) is 24.2 Å². The van der Waals surface area contributed by atoms with Gasteiger partial charge in [-0.3, -0.25) is 4.98 Å². The third kappa shape index (κ3) is 3.02. The molecule has 1 aliphatic heterocycles. The highest BCUT2D eigenvalue weighted by molar-refractivity contribution is 7.99. The minimum absolute atomic E-state index is 0.608. The summed E-state index contributed by atoms with van der Waals surface area (Å²) in [4.78, 5) is 6.75. The van der Waals surface area contributed by atoms with Gasteiger partial charge in [0, 0.05) is 34.9 Å². The Balaban J connectivity index is 2.14. The second-order valence-electron chi connectivity index (χ2n) is 5.59. The van der Waals surface area contributed by atoms with Gasteiger partial charge in [0.25, 0.3) is 0 Å². The predicted octanol–water partition coefficient (Wildman–Crippen LogP) is 4.48. The third-order valence-corrected chi connectivity index (χ3v) is 5.49. The average Bonchev–Trinajstić information content (AvgIpc) is 2.79. The zero-order valence-electron chi connectivity index (χ0n) is 12.6. The first-order chi connectivity index (χ1) is 10.7. The van der Waals surface area contributed by atoms with Crippen LogP contribution in [0, 0.1) is 11.3 Å². The normalized spacial score (nSPS) is 19.0. The molecule has 1 unspecified atom stereocenters. The van der Waals surface area contributed by atoms with Gasteiger partial charge in [0.2, 0.25) is 0 Å². The fourth-order valence-electron chi connectivity index (χ4n) is 3.07. The van der Waals surface area contributed by atoms with E-state index < -0.39 is 0 Å². The number of thioether (sulfide) groups is 1. The first-order valence-electron chi connectivity index (χ1n) is 7.49. The maximum atomic E-state index is 9.52. The average molecular weight is 332 g/mol. The van der Waals surface area contributed by atoms with Crippen molar-refractivity contribution in [1.29, 1.82) is 5.26 Å². The summed E-state index contributed by atoms with van der Waals surface area (Å²) in [5.41, 5.74) is 2.52. The molecule has 2 aromatic rings. The van der Waals surface area contributed by atoms with Gasteiger partial charge in [-0.15, -0.1) is 0 Å². The standard InChI is InChI=1S/C17H18ClN3S/c1-22-14-4-2-3-7-21(11-14)17-12(9-19)10-20-16-6-5-13(18)8-15(16)17/h5-6,8,10,14H,2-4,7,11H2,1H3. The van der Waals surface area contributed by atoms with Crippen molar-refractivity contribution in [1.82, 2.24) is 4.98 Å². The summed E-state index contributed by atoms with van der Waals surface area (Å²) in [6, 6.07) is 8.00. The predicted molar refractivity (Wildman–Crippen MR) is 94.8 cm³/mol. The molecule has 2 heterocycles. The number of rotatable bonds is 2. The van der Waals surface area contributed by atoms with Crippen molar-refractivity contribution in [2.45, 2.75) is 24.5 Å². The summed E-state index contributed by atoms with van der Waals surface area (Å²) < 4.78 is 0. The lowest BCUT2D eigenvalue weighted by Gasteiger charge is -2.27. The van der Waals surface area contributed by atoms with Crippen LogP contribution < -0.4 is 4.90 Å². The van der Waals surface area contributed by atoms with E-state index in [0.717, 1.165) is 36.1 Å². The molecule has 0 aliphatic carbocycles. The van der Waals surface area contributed by atoms with E-state index in [9.17, 15) is 5.26 Å². The summed E-state index contributed by atoms with van der Waals surface area (Å²) in [5.74, 6) is 0. The molecule has 5 heteroatoms. The zero-order chi connectivity index (χ0) is 15.5. The molecule has 0 N–H and O–H groups in total. The van der Waals surface area contributed by atoms with Crippen LogP contribution in [0.1, 0.15) is 24.8 Å². The number of anilines is 1. The van der Waals surface area contributed by atoms with Crippen LogP contribution in [0.4, 0.5) is 5.69 Å². The molecule has 1 saturated heterocycles. The maximum absolute atomic E-state index is 9.52. The summed E-state index contributed by atoms with van der Waals surface area (Å²) in [6.07, 6.45) is 7.49. The molecule has 114 valence electrons. The number of halogens is 1. The first kappa shape index (κ1) is 15.5. The second-order valence-corrected chi connectivity index (χ2v) is 7.17. The van der Waals surface area contributed by atoms with Gasteiger partial charge in [-0.05, 0) is 37.3 Å². The highest BCUT2D eigenvalue weighted by atomic mass is 35.5. The molecule has 0 saturated carbocycles. The van der Waals surface area contributed by atoms with Crippen LogP contribution in [0.25, 0.3) is 10.9 Å². The molecular weight excluding hydrogens is 314 g/mol. The van der Waals surface area contributed by atoms with Crippen LogP contribution in [0.5, 0.6) is 0 Å². The number of fused-ring (bicyclic) bond motifs is 1. The van der Waals surface area contributed by atoms with Gasteiger partial charge in [-0.2, -0.15) is 17.0 Å².